The number of morpholine rings is 1. The average molecular weight is 428 g/mol. The summed E-state index contributed by atoms with van der Waals surface area (Å²) in [5, 5.41) is 1.15. The van der Waals surface area contributed by atoms with Crippen LogP contribution in [0.4, 0.5) is 10.7 Å². The van der Waals surface area contributed by atoms with Crippen LogP contribution in [-0.4, -0.2) is 65.4 Å². The van der Waals surface area contributed by atoms with Gasteiger partial charge in [0.05, 0.1) is 18.9 Å². The first-order valence-electron chi connectivity index (χ1n) is 10.3. The molecule has 1 N–H and O–H groups in total. The van der Waals surface area contributed by atoms with E-state index in [4.69, 9.17) is 9.47 Å². The number of benzene rings is 1. The molecular formula is C22H29N5O4. The van der Waals surface area contributed by atoms with E-state index in [1.165, 1.54) is 0 Å². The lowest BCUT2D eigenvalue weighted by atomic mass is 10.1. The molecule has 1 aromatic carbocycles. The fourth-order valence-corrected chi connectivity index (χ4v) is 2.98. The second kappa shape index (κ2) is 9.74. The molecule has 9 heteroatoms. The largest absolute Gasteiger partial charge is 0.442 e. The van der Waals surface area contributed by atoms with Gasteiger partial charge >= 0.3 is 6.09 Å². The molecule has 0 saturated carbocycles. The monoisotopic (exact) mass is 427 g/mol. The predicted octanol–water partition coefficient (Wildman–Crippen LogP) is 2.88. The quantitative estimate of drug-likeness (QED) is 0.750. The van der Waals surface area contributed by atoms with Crippen LogP contribution in [0.3, 0.4) is 0 Å². The Kier molecular flexibility index (Phi) is 7.06. The smallest absolute Gasteiger partial charge is 0.429 e. The number of hydrazine groups is 1. The van der Waals surface area contributed by atoms with Crippen LogP contribution in [-0.2, 0) is 9.47 Å². The summed E-state index contributed by atoms with van der Waals surface area (Å²) in [4.78, 5) is 35.9. The summed E-state index contributed by atoms with van der Waals surface area (Å²) in [5.41, 5.74) is 4.01. The Morgan fingerprint density at radius 3 is 2.45 bits per heavy atom. The van der Waals surface area contributed by atoms with Gasteiger partial charge in [0, 0.05) is 37.0 Å². The third-order valence-corrected chi connectivity index (χ3v) is 4.55. The van der Waals surface area contributed by atoms with Crippen molar-refractivity contribution in [2.24, 2.45) is 0 Å². The highest BCUT2D eigenvalue weighted by Crippen LogP contribution is 2.20. The van der Waals surface area contributed by atoms with Crippen LogP contribution in [0.25, 0.3) is 11.3 Å². The van der Waals surface area contributed by atoms with Crippen molar-refractivity contribution in [3.63, 3.8) is 0 Å². The topological polar surface area (TPSA) is 96.9 Å². The van der Waals surface area contributed by atoms with E-state index < -0.39 is 17.6 Å². The lowest BCUT2D eigenvalue weighted by Gasteiger charge is -2.27. The molecule has 1 aromatic heterocycles. The molecule has 0 unspecified atom stereocenters. The number of hydrogen-bond donors (Lipinski definition) is 1. The van der Waals surface area contributed by atoms with Crippen LogP contribution in [0, 0.1) is 0 Å². The van der Waals surface area contributed by atoms with E-state index in [1.807, 2.05) is 18.2 Å². The van der Waals surface area contributed by atoms with Crippen molar-refractivity contribution < 1.29 is 19.1 Å². The minimum absolute atomic E-state index is 0.282. The lowest BCUT2D eigenvalue weighted by Crippen LogP contribution is -2.48. The summed E-state index contributed by atoms with van der Waals surface area (Å²) in [5.74, 6) is 0.273. The fourth-order valence-electron chi connectivity index (χ4n) is 2.98. The molecule has 0 atom stereocenters. The third-order valence-electron chi connectivity index (χ3n) is 4.55. The summed E-state index contributed by atoms with van der Waals surface area (Å²) in [6.45, 7) is 10.2. The minimum atomic E-state index is -0.644. The van der Waals surface area contributed by atoms with Crippen molar-refractivity contribution in [2.45, 2.75) is 33.3 Å². The Balaban J connectivity index is 1.68. The van der Waals surface area contributed by atoms with E-state index in [2.05, 4.69) is 20.3 Å². The summed E-state index contributed by atoms with van der Waals surface area (Å²) < 4.78 is 10.7. The van der Waals surface area contributed by atoms with Crippen LogP contribution in [0.1, 0.15) is 38.1 Å². The molecule has 2 heterocycles. The number of hydrogen-bond acceptors (Lipinski definition) is 7. The highest BCUT2D eigenvalue weighted by atomic mass is 16.6. The van der Waals surface area contributed by atoms with Crippen molar-refractivity contribution >= 4 is 17.9 Å². The van der Waals surface area contributed by atoms with E-state index in [-0.39, 0.29) is 6.54 Å². The Bertz CT molecular complexity index is 905. The zero-order chi connectivity index (χ0) is 22.4. The maximum Gasteiger partial charge on any atom is 0.429 e. The van der Waals surface area contributed by atoms with Crippen molar-refractivity contribution in [3.8, 4) is 11.3 Å². The molecule has 31 heavy (non-hydrogen) atoms. The lowest BCUT2D eigenvalue weighted by molar-refractivity contribution is 0.0146. The average Bonchev–Trinajstić information content (AvgIpc) is 2.77. The van der Waals surface area contributed by atoms with Gasteiger partial charge in [-0.2, -0.15) is 0 Å². The molecule has 0 aliphatic carbocycles. The van der Waals surface area contributed by atoms with Crippen LogP contribution in [0.15, 0.2) is 36.5 Å². The van der Waals surface area contributed by atoms with Gasteiger partial charge in [-0.25, -0.2) is 19.8 Å². The van der Waals surface area contributed by atoms with Gasteiger partial charge in [0.25, 0.3) is 5.91 Å². The second-order valence-electron chi connectivity index (χ2n) is 8.08. The molecule has 2 aromatic rings. The number of anilines is 1. The van der Waals surface area contributed by atoms with E-state index in [0.29, 0.717) is 24.7 Å². The Morgan fingerprint density at radius 2 is 1.84 bits per heavy atom. The second-order valence-corrected chi connectivity index (χ2v) is 8.08. The number of ether oxygens (including phenoxy) is 2. The SMILES string of the molecule is CCN(NC(=O)c1ccc(-c2ccnc(N3CCOCC3)n2)cc1)C(=O)OC(C)(C)C. The number of amides is 2. The van der Waals surface area contributed by atoms with Crippen molar-refractivity contribution in [1.29, 1.82) is 0 Å². The van der Waals surface area contributed by atoms with Gasteiger partial charge in [0.2, 0.25) is 5.95 Å². The molecule has 166 valence electrons. The standard InChI is InChI=1S/C22H29N5O4/c1-5-27(21(29)31-22(2,3)4)25-19(28)17-8-6-16(7-9-17)18-10-11-23-20(24-18)26-12-14-30-15-13-26/h6-11H,5,12-15H2,1-4H3,(H,25,28). The van der Waals surface area contributed by atoms with Gasteiger partial charge < -0.3 is 14.4 Å². The van der Waals surface area contributed by atoms with Gasteiger partial charge in [-0.15, -0.1) is 0 Å². The van der Waals surface area contributed by atoms with Crippen LogP contribution >= 0.6 is 0 Å². The Morgan fingerprint density at radius 1 is 1.16 bits per heavy atom. The first-order chi connectivity index (χ1) is 14.8. The van der Waals surface area contributed by atoms with E-state index in [0.717, 1.165) is 29.4 Å². The number of nitrogens with zero attached hydrogens (tertiary/aromatic N) is 4. The molecule has 0 radical (unpaired) electrons. The molecule has 1 aliphatic heterocycles. The zero-order valence-electron chi connectivity index (χ0n) is 18.4. The number of rotatable bonds is 4. The molecule has 1 fully saturated rings. The number of carbonyl (C=O) groups excluding carboxylic acids is 2. The van der Waals surface area contributed by atoms with E-state index in [9.17, 15) is 9.59 Å². The predicted molar refractivity (Wildman–Crippen MR) is 117 cm³/mol. The fraction of sp³-hybridized carbons (Fsp3) is 0.455. The maximum absolute atomic E-state index is 12.6. The van der Waals surface area contributed by atoms with Gasteiger partial charge in [0.1, 0.15) is 5.60 Å². The van der Waals surface area contributed by atoms with Crippen LogP contribution < -0.4 is 10.3 Å². The number of nitrogens with one attached hydrogen (secondary N) is 1. The summed E-state index contributed by atoms with van der Waals surface area (Å²) in [6, 6.07) is 8.88. The van der Waals surface area contributed by atoms with Crippen molar-refractivity contribution in [3.05, 3.63) is 42.1 Å². The molecule has 1 aliphatic rings. The normalized spacial score (nSPS) is 14.1. The van der Waals surface area contributed by atoms with Gasteiger partial charge in [-0.05, 0) is 45.9 Å². The van der Waals surface area contributed by atoms with E-state index in [1.54, 1.807) is 46.0 Å². The van der Waals surface area contributed by atoms with Crippen molar-refractivity contribution in [2.75, 3.05) is 37.7 Å². The van der Waals surface area contributed by atoms with Gasteiger partial charge in [-0.3, -0.25) is 10.2 Å². The molecule has 2 amide bonds. The van der Waals surface area contributed by atoms with Crippen LogP contribution in [0.5, 0.6) is 0 Å². The molecule has 9 nitrogen and oxygen atoms in total. The molecule has 3 rings (SSSR count). The number of aromatic nitrogens is 2. The highest BCUT2D eigenvalue weighted by molar-refractivity contribution is 5.95. The van der Waals surface area contributed by atoms with Gasteiger partial charge in [0.15, 0.2) is 0 Å². The van der Waals surface area contributed by atoms with E-state index >= 15 is 0 Å². The van der Waals surface area contributed by atoms with Crippen LogP contribution in [0.2, 0.25) is 0 Å². The number of carbonyl (C=O) groups is 2. The molecule has 0 bridgehead atoms. The Hall–Kier alpha value is -3.20. The Labute approximate surface area is 182 Å². The first kappa shape index (κ1) is 22.5. The highest BCUT2D eigenvalue weighted by Gasteiger charge is 2.23. The molecular weight excluding hydrogens is 398 g/mol. The summed E-state index contributed by atoms with van der Waals surface area (Å²) >= 11 is 0. The summed E-state index contributed by atoms with van der Waals surface area (Å²) in [7, 11) is 0. The zero-order valence-corrected chi connectivity index (χ0v) is 18.4. The minimum Gasteiger partial charge on any atom is -0.442 e. The molecule has 0 spiro atoms. The van der Waals surface area contributed by atoms with Crippen molar-refractivity contribution in [1.82, 2.24) is 20.4 Å². The maximum atomic E-state index is 12.6. The summed E-state index contributed by atoms with van der Waals surface area (Å²) in [6.07, 6.45) is 1.13. The molecule has 1 saturated heterocycles. The van der Waals surface area contributed by atoms with Gasteiger partial charge in [-0.1, -0.05) is 12.1 Å². The first-order valence-corrected chi connectivity index (χ1v) is 10.3. The third kappa shape index (κ3) is 6.14.